The smallest absolute Gasteiger partial charge is 0.244 e. The van der Waals surface area contributed by atoms with E-state index in [1.807, 2.05) is 0 Å². The van der Waals surface area contributed by atoms with Gasteiger partial charge in [-0.1, -0.05) is 0 Å². The first-order valence-electron chi connectivity index (χ1n) is 6.15. The van der Waals surface area contributed by atoms with Gasteiger partial charge < -0.3 is 0 Å². The summed E-state index contributed by atoms with van der Waals surface area (Å²) >= 11 is 0. The normalized spacial score (nSPS) is 11.9. The molecule has 0 saturated heterocycles. The van der Waals surface area contributed by atoms with Crippen molar-refractivity contribution >= 4 is 10.0 Å². The number of hydrogen-bond acceptors (Lipinski definition) is 3. The summed E-state index contributed by atoms with van der Waals surface area (Å²) in [6, 6.07) is 2.89. The first-order valence-corrected chi connectivity index (χ1v) is 7.64. The van der Waals surface area contributed by atoms with Crippen molar-refractivity contribution in [2.45, 2.75) is 25.3 Å². The molecule has 1 N–H and O–H groups in total. The Hall–Kier alpha value is -1.80. The van der Waals surface area contributed by atoms with Crippen LogP contribution in [0.2, 0.25) is 0 Å². The molecule has 0 aliphatic rings. The summed E-state index contributed by atoms with van der Waals surface area (Å²) in [5.74, 6) is -1.50. The lowest BCUT2D eigenvalue weighted by molar-refractivity contribution is 0.570. The molecule has 1 heterocycles. The second-order valence-corrected chi connectivity index (χ2v) is 6.43. The van der Waals surface area contributed by atoms with E-state index in [-0.39, 0.29) is 17.0 Å². The number of benzene rings is 1. The SMILES string of the molecule is Cc1nn(C)c(C)c1S(=O)(=O)NCc1cc(F)cc(F)c1. The Morgan fingerprint density at radius 2 is 1.76 bits per heavy atom. The second-order valence-electron chi connectivity index (χ2n) is 4.73. The summed E-state index contributed by atoms with van der Waals surface area (Å²) in [7, 11) is -2.16. The van der Waals surface area contributed by atoms with Crippen LogP contribution in [0.5, 0.6) is 0 Å². The lowest BCUT2D eigenvalue weighted by Crippen LogP contribution is -2.24. The summed E-state index contributed by atoms with van der Waals surface area (Å²) in [5, 5.41) is 4.04. The summed E-state index contributed by atoms with van der Waals surface area (Å²) in [6.45, 7) is 3.02. The molecule has 114 valence electrons. The molecule has 0 saturated carbocycles. The molecule has 5 nitrogen and oxygen atoms in total. The Balaban J connectivity index is 2.26. The molecule has 0 aliphatic heterocycles. The van der Waals surface area contributed by atoms with Gasteiger partial charge in [-0.2, -0.15) is 5.10 Å². The number of aryl methyl sites for hydroxylation is 2. The first kappa shape index (κ1) is 15.6. The zero-order chi connectivity index (χ0) is 15.8. The van der Waals surface area contributed by atoms with Crippen molar-refractivity contribution in [3.05, 3.63) is 46.8 Å². The van der Waals surface area contributed by atoms with E-state index in [2.05, 4.69) is 9.82 Å². The van der Waals surface area contributed by atoms with E-state index in [1.54, 1.807) is 20.9 Å². The minimum absolute atomic E-state index is 0.0851. The highest BCUT2D eigenvalue weighted by Gasteiger charge is 2.23. The zero-order valence-corrected chi connectivity index (χ0v) is 12.6. The molecule has 0 bridgehead atoms. The average molecular weight is 315 g/mol. The van der Waals surface area contributed by atoms with Gasteiger partial charge in [0.15, 0.2) is 0 Å². The minimum atomic E-state index is -3.80. The van der Waals surface area contributed by atoms with Crippen molar-refractivity contribution in [3.8, 4) is 0 Å². The third-order valence-electron chi connectivity index (χ3n) is 3.10. The molecule has 1 aromatic heterocycles. The summed E-state index contributed by atoms with van der Waals surface area (Å²) < 4.78 is 54.5. The molecule has 0 atom stereocenters. The van der Waals surface area contributed by atoms with Crippen LogP contribution in [0.4, 0.5) is 8.78 Å². The second kappa shape index (κ2) is 5.53. The van der Waals surface area contributed by atoms with Crippen LogP contribution in [0, 0.1) is 25.5 Å². The van der Waals surface area contributed by atoms with Crippen LogP contribution in [0.1, 0.15) is 17.0 Å². The fraction of sp³-hybridized carbons (Fsp3) is 0.308. The molecule has 1 aromatic carbocycles. The Morgan fingerprint density at radius 1 is 1.19 bits per heavy atom. The lowest BCUT2D eigenvalue weighted by Gasteiger charge is -2.07. The number of nitrogens with zero attached hydrogens (tertiary/aromatic N) is 2. The predicted molar refractivity (Wildman–Crippen MR) is 73.1 cm³/mol. The van der Waals surface area contributed by atoms with Crippen LogP contribution in [-0.4, -0.2) is 18.2 Å². The van der Waals surface area contributed by atoms with Crippen molar-refractivity contribution in [1.29, 1.82) is 0 Å². The molecule has 0 spiro atoms. The molecule has 21 heavy (non-hydrogen) atoms. The largest absolute Gasteiger partial charge is 0.271 e. The number of hydrogen-bond donors (Lipinski definition) is 1. The van der Waals surface area contributed by atoms with Gasteiger partial charge in [0.1, 0.15) is 16.5 Å². The minimum Gasteiger partial charge on any atom is -0.271 e. The van der Waals surface area contributed by atoms with Gasteiger partial charge in [-0.3, -0.25) is 4.68 Å². The number of aromatic nitrogens is 2. The van der Waals surface area contributed by atoms with Crippen molar-refractivity contribution < 1.29 is 17.2 Å². The Bertz CT molecular complexity index is 765. The maximum atomic E-state index is 13.1. The van der Waals surface area contributed by atoms with Crippen LogP contribution in [0.3, 0.4) is 0 Å². The van der Waals surface area contributed by atoms with Gasteiger partial charge in [0.25, 0.3) is 0 Å². The fourth-order valence-corrected chi connectivity index (χ4v) is 3.56. The molecular formula is C13H15F2N3O2S. The highest BCUT2D eigenvalue weighted by molar-refractivity contribution is 7.89. The van der Waals surface area contributed by atoms with E-state index >= 15 is 0 Å². The van der Waals surface area contributed by atoms with Gasteiger partial charge in [-0.15, -0.1) is 0 Å². The maximum absolute atomic E-state index is 13.1. The first-order chi connectivity index (χ1) is 9.70. The predicted octanol–water partition coefficient (Wildman–Crippen LogP) is 1.79. The van der Waals surface area contributed by atoms with Crippen LogP contribution < -0.4 is 4.72 Å². The van der Waals surface area contributed by atoms with Crippen molar-refractivity contribution in [3.63, 3.8) is 0 Å². The van der Waals surface area contributed by atoms with Crippen LogP contribution in [0.15, 0.2) is 23.1 Å². The standard InChI is InChI=1S/C13H15F2N3O2S/c1-8-13(9(2)18(3)17-8)21(19,20)16-7-10-4-11(14)6-12(15)5-10/h4-6,16H,7H2,1-3H3. The molecule has 0 fully saturated rings. The average Bonchev–Trinajstić information content (AvgIpc) is 2.60. The zero-order valence-electron chi connectivity index (χ0n) is 11.8. The quantitative estimate of drug-likeness (QED) is 0.935. The Labute approximate surface area is 121 Å². The van der Waals surface area contributed by atoms with E-state index in [4.69, 9.17) is 0 Å². The van der Waals surface area contributed by atoms with Crippen molar-refractivity contribution in [1.82, 2.24) is 14.5 Å². The van der Waals surface area contributed by atoms with Gasteiger partial charge in [0.05, 0.1) is 11.4 Å². The molecule has 2 aromatic rings. The lowest BCUT2D eigenvalue weighted by atomic mass is 10.2. The van der Waals surface area contributed by atoms with E-state index in [0.29, 0.717) is 11.4 Å². The van der Waals surface area contributed by atoms with Gasteiger partial charge in [-0.25, -0.2) is 21.9 Å². The third kappa shape index (κ3) is 3.27. The van der Waals surface area contributed by atoms with Crippen LogP contribution >= 0.6 is 0 Å². The molecule has 0 aliphatic carbocycles. The van der Waals surface area contributed by atoms with Crippen molar-refractivity contribution in [2.24, 2.45) is 7.05 Å². The van der Waals surface area contributed by atoms with Gasteiger partial charge in [0, 0.05) is 19.7 Å². The van der Waals surface area contributed by atoms with Gasteiger partial charge >= 0.3 is 0 Å². The van der Waals surface area contributed by atoms with E-state index in [1.165, 1.54) is 4.68 Å². The molecule has 0 radical (unpaired) electrons. The number of nitrogens with one attached hydrogen (secondary N) is 1. The topological polar surface area (TPSA) is 64.0 Å². The Kier molecular flexibility index (Phi) is 4.11. The Morgan fingerprint density at radius 3 is 2.24 bits per heavy atom. The van der Waals surface area contributed by atoms with Gasteiger partial charge in [-0.05, 0) is 31.5 Å². The highest BCUT2D eigenvalue weighted by atomic mass is 32.2. The number of sulfonamides is 1. The molecule has 0 amide bonds. The van der Waals surface area contributed by atoms with E-state index < -0.39 is 21.7 Å². The van der Waals surface area contributed by atoms with Crippen LogP contribution in [-0.2, 0) is 23.6 Å². The van der Waals surface area contributed by atoms with Gasteiger partial charge in [0.2, 0.25) is 10.0 Å². The maximum Gasteiger partial charge on any atom is 0.244 e. The van der Waals surface area contributed by atoms with E-state index in [0.717, 1.165) is 18.2 Å². The van der Waals surface area contributed by atoms with E-state index in [9.17, 15) is 17.2 Å². The molecule has 0 unspecified atom stereocenters. The van der Waals surface area contributed by atoms with Crippen LogP contribution in [0.25, 0.3) is 0 Å². The summed E-state index contributed by atoms with van der Waals surface area (Å²) in [5.41, 5.74) is 1.06. The number of halogens is 2. The third-order valence-corrected chi connectivity index (χ3v) is 4.75. The summed E-state index contributed by atoms with van der Waals surface area (Å²) in [6.07, 6.45) is 0. The molecule has 2 rings (SSSR count). The fourth-order valence-electron chi connectivity index (χ4n) is 2.11. The molecular weight excluding hydrogens is 300 g/mol. The monoisotopic (exact) mass is 315 g/mol. The molecule has 8 heteroatoms. The number of rotatable bonds is 4. The summed E-state index contributed by atoms with van der Waals surface area (Å²) in [4.78, 5) is 0.0851. The highest BCUT2D eigenvalue weighted by Crippen LogP contribution is 2.18. The van der Waals surface area contributed by atoms with Crippen molar-refractivity contribution in [2.75, 3.05) is 0 Å².